The van der Waals surface area contributed by atoms with Crippen molar-refractivity contribution in [1.82, 2.24) is 0 Å². The van der Waals surface area contributed by atoms with Crippen LogP contribution in [0, 0.1) is 0 Å². The summed E-state index contributed by atoms with van der Waals surface area (Å²) in [5, 5.41) is 0. The SMILES string of the molecule is CCCCCCC/C=C\C/C=C\C/C=C\CCCCCCCCCCCCCCC(=O)OCC(COC(=O)CCCCCCCCCCC)OC(=O)CCCCCCCCCCCCCCCCCCCCCCCCC. The van der Waals surface area contributed by atoms with Gasteiger partial charge >= 0.3 is 17.9 Å². The number of unbranched alkanes of at least 4 members (excludes halogenated alkanes) is 47. The van der Waals surface area contributed by atoms with Crippen molar-refractivity contribution in [3.05, 3.63) is 36.5 Å². The quantitative estimate of drug-likeness (QED) is 0.0261. The Morgan fingerprint density at radius 3 is 0.727 bits per heavy atom. The van der Waals surface area contributed by atoms with Crippen LogP contribution in [0.25, 0.3) is 0 Å². The van der Waals surface area contributed by atoms with Gasteiger partial charge in [-0.2, -0.15) is 0 Å². The molecule has 0 spiro atoms. The second-order valence-corrected chi connectivity index (χ2v) is 23.5. The van der Waals surface area contributed by atoms with Crippen LogP contribution < -0.4 is 0 Å². The van der Waals surface area contributed by atoms with Gasteiger partial charge in [0.25, 0.3) is 0 Å². The van der Waals surface area contributed by atoms with Crippen LogP contribution in [0.2, 0.25) is 0 Å². The second-order valence-electron chi connectivity index (χ2n) is 23.5. The number of ether oxygens (including phenoxy) is 3. The average Bonchev–Trinajstić information content (AvgIpc) is 3.43. The molecule has 0 aliphatic carbocycles. The van der Waals surface area contributed by atoms with Crippen molar-refractivity contribution < 1.29 is 28.6 Å². The molecule has 0 saturated carbocycles. The van der Waals surface area contributed by atoms with Crippen molar-refractivity contribution in [3.8, 4) is 0 Å². The van der Waals surface area contributed by atoms with Crippen molar-refractivity contribution in [2.24, 2.45) is 0 Å². The summed E-state index contributed by atoms with van der Waals surface area (Å²) in [6.07, 6.45) is 81.8. The predicted octanol–water partition coefficient (Wildman–Crippen LogP) is 23.6. The predicted molar refractivity (Wildman–Crippen MR) is 335 cm³/mol. The standard InChI is InChI=1S/C71H132O6/c1-4-7-10-13-16-19-21-23-25-27-29-31-33-34-35-36-38-39-41-43-45-47-49-52-55-58-61-64-70(73)76-67-68(66-75-69(72)63-60-57-54-51-18-15-12-9-6-3)77-71(74)65-62-59-56-53-50-48-46-44-42-40-37-32-30-28-26-24-22-20-17-14-11-8-5-2/h21,23,27,29,33-34,68H,4-20,22,24-26,28,30-32,35-67H2,1-3H3/b23-21-,29-27-,34-33-. The number of allylic oxidation sites excluding steroid dienone is 6. The van der Waals surface area contributed by atoms with Crippen LogP contribution in [0.15, 0.2) is 36.5 Å². The largest absolute Gasteiger partial charge is 0.462 e. The Labute approximate surface area is 480 Å². The lowest BCUT2D eigenvalue weighted by Gasteiger charge is -2.18. The molecule has 0 heterocycles. The fourth-order valence-corrected chi connectivity index (χ4v) is 10.5. The molecule has 452 valence electrons. The first-order chi connectivity index (χ1) is 38.0. The first kappa shape index (κ1) is 74.6. The summed E-state index contributed by atoms with van der Waals surface area (Å²) in [5.74, 6) is -0.845. The van der Waals surface area contributed by atoms with Crippen molar-refractivity contribution >= 4 is 17.9 Å². The number of hydrogen-bond acceptors (Lipinski definition) is 6. The molecule has 1 unspecified atom stereocenters. The first-order valence-corrected chi connectivity index (χ1v) is 34.5. The number of hydrogen-bond donors (Lipinski definition) is 0. The van der Waals surface area contributed by atoms with Gasteiger partial charge in [-0.25, -0.2) is 0 Å². The topological polar surface area (TPSA) is 78.9 Å². The molecule has 0 amide bonds. The van der Waals surface area contributed by atoms with Gasteiger partial charge in [0, 0.05) is 19.3 Å². The van der Waals surface area contributed by atoms with Gasteiger partial charge in [-0.05, 0) is 57.8 Å². The van der Waals surface area contributed by atoms with Gasteiger partial charge in [-0.15, -0.1) is 0 Å². The van der Waals surface area contributed by atoms with Gasteiger partial charge in [-0.3, -0.25) is 14.4 Å². The Morgan fingerprint density at radius 1 is 0.260 bits per heavy atom. The monoisotopic (exact) mass is 1080 g/mol. The summed E-state index contributed by atoms with van der Waals surface area (Å²) in [6.45, 7) is 6.68. The lowest BCUT2D eigenvalue weighted by molar-refractivity contribution is -0.167. The number of carbonyl (C=O) groups is 3. The molecule has 0 radical (unpaired) electrons. The van der Waals surface area contributed by atoms with E-state index in [1.807, 2.05) is 0 Å². The Morgan fingerprint density at radius 2 is 0.468 bits per heavy atom. The van der Waals surface area contributed by atoms with Crippen LogP contribution in [0.5, 0.6) is 0 Å². The fraction of sp³-hybridized carbons (Fsp3) is 0.873. The molecule has 6 heteroatoms. The maximum absolute atomic E-state index is 12.9. The van der Waals surface area contributed by atoms with E-state index in [1.165, 1.54) is 270 Å². The molecule has 77 heavy (non-hydrogen) atoms. The van der Waals surface area contributed by atoms with Gasteiger partial charge in [0.2, 0.25) is 0 Å². The smallest absolute Gasteiger partial charge is 0.306 e. The Kier molecular flexibility index (Phi) is 64.1. The number of esters is 3. The minimum absolute atomic E-state index is 0.0669. The fourth-order valence-electron chi connectivity index (χ4n) is 10.5. The van der Waals surface area contributed by atoms with Crippen LogP contribution in [0.4, 0.5) is 0 Å². The highest BCUT2D eigenvalue weighted by Gasteiger charge is 2.19. The van der Waals surface area contributed by atoms with E-state index >= 15 is 0 Å². The van der Waals surface area contributed by atoms with Crippen LogP contribution in [-0.4, -0.2) is 37.2 Å². The Bertz CT molecular complexity index is 1290. The highest BCUT2D eigenvalue weighted by Crippen LogP contribution is 2.18. The average molecular weight is 1080 g/mol. The zero-order chi connectivity index (χ0) is 55.7. The molecule has 1 atom stereocenters. The normalized spacial score (nSPS) is 12.2. The van der Waals surface area contributed by atoms with Gasteiger partial charge in [-0.1, -0.05) is 340 Å². The van der Waals surface area contributed by atoms with E-state index in [0.717, 1.165) is 70.6 Å². The van der Waals surface area contributed by atoms with E-state index in [1.54, 1.807) is 0 Å². The molecule has 0 aromatic heterocycles. The summed E-state index contributed by atoms with van der Waals surface area (Å²) in [4.78, 5) is 38.3. The molecule has 0 bridgehead atoms. The van der Waals surface area contributed by atoms with Gasteiger partial charge < -0.3 is 14.2 Å². The first-order valence-electron chi connectivity index (χ1n) is 34.5. The van der Waals surface area contributed by atoms with Gasteiger partial charge in [0.15, 0.2) is 6.10 Å². The van der Waals surface area contributed by atoms with Crippen molar-refractivity contribution in [1.29, 1.82) is 0 Å². The summed E-state index contributed by atoms with van der Waals surface area (Å²) in [6, 6.07) is 0. The zero-order valence-electron chi connectivity index (χ0n) is 52.0. The number of rotatable bonds is 64. The summed E-state index contributed by atoms with van der Waals surface area (Å²) in [5.41, 5.74) is 0. The summed E-state index contributed by atoms with van der Waals surface area (Å²) >= 11 is 0. The van der Waals surface area contributed by atoms with E-state index in [-0.39, 0.29) is 31.1 Å². The molecule has 0 aromatic rings. The minimum Gasteiger partial charge on any atom is -0.462 e. The van der Waals surface area contributed by atoms with Gasteiger partial charge in [0.05, 0.1) is 0 Å². The van der Waals surface area contributed by atoms with Crippen molar-refractivity contribution in [2.75, 3.05) is 13.2 Å². The highest BCUT2D eigenvalue weighted by molar-refractivity contribution is 5.71. The molecule has 0 aliphatic rings. The van der Waals surface area contributed by atoms with E-state index in [4.69, 9.17) is 14.2 Å². The molecular formula is C71H132O6. The molecule has 6 nitrogen and oxygen atoms in total. The van der Waals surface area contributed by atoms with Crippen LogP contribution in [0.3, 0.4) is 0 Å². The zero-order valence-corrected chi connectivity index (χ0v) is 52.0. The molecule has 0 saturated heterocycles. The lowest BCUT2D eigenvalue weighted by Crippen LogP contribution is -2.30. The van der Waals surface area contributed by atoms with E-state index < -0.39 is 6.10 Å². The maximum Gasteiger partial charge on any atom is 0.306 e. The van der Waals surface area contributed by atoms with Crippen LogP contribution in [0.1, 0.15) is 380 Å². The Hall–Kier alpha value is -2.37. The molecule has 0 fully saturated rings. The van der Waals surface area contributed by atoms with E-state index in [2.05, 4.69) is 57.2 Å². The van der Waals surface area contributed by atoms with Crippen LogP contribution in [-0.2, 0) is 28.6 Å². The van der Waals surface area contributed by atoms with Crippen molar-refractivity contribution in [3.63, 3.8) is 0 Å². The number of carbonyl (C=O) groups excluding carboxylic acids is 3. The second kappa shape index (κ2) is 66.1. The maximum atomic E-state index is 12.9. The Balaban J connectivity index is 4.13. The third kappa shape index (κ3) is 64.3. The van der Waals surface area contributed by atoms with Crippen LogP contribution >= 0.6 is 0 Å². The van der Waals surface area contributed by atoms with Gasteiger partial charge in [0.1, 0.15) is 13.2 Å². The third-order valence-electron chi connectivity index (χ3n) is 15.6. The molecule has 0 N–H and O–H groups in total. The molecule has 0 aromatic carbocycles. The van der Waals surface area contributed by atoms with Crippen molar-refractivity contribution in [2.45, 2.75) is 386 Å². The third-order valence-corrected chi connectivity index (χ3v) is 15.6. The highest BCUT2D eigenvalue weighted by atomic mass is 16.6. The minimum atomic E-state index is -0.768. The summed E-state index contributed by atoms with van der Waals surface area (Å²) < 4.78 is 16.9. The lowest BCUT2D eigenvalue weighted by atomic mass is 10.0. The molecular weight excluding hydrogens is 949 g/mol. The summed E-state index contributed by atoms with van der Waals surface area (Å²) in [7, 11) is 0. The van der Waals surface area contributed by atoms with E-state index in [9.17, 15) is 14.4 Å². The molecule has 0 rings (SSSR count). The molecule has 0 aliphatic heterocycles. The van der Waals surface area contributed by atoms with E-state index in [0.29, 0.717) is 19.3 Å².